The van der Waals surface area contributed by atoms with Gasteiger partial charge in [-0.25, -0.2) is 9.80 Å². The van der Waals surface area contributed by atoms with E-state index in [1.165, 1.54) is 136 Å². The van der Waals surface area contributed by atoms with E-state index in [0.29, 0.717) is 30.9 Å². The SMILES string of the molecule is CCCCCCCCCCCCCCOC[C@H](CNC(=O)CC[C@H](NC(=O)/C=C/C(=O)N(CC(N)=O)NC(=O)[C@H](C)NC(=O)[C@H](C)NC(=O)O)C(N)=O)OCCCCCCCCCCCCCC. The molecule has 4 atom stereocenters. The molecule has 0 aromatic carbocycles. The van der Waals surface area contributed by atoms with E-state index in [2.05, 4.69) is 35.2 Å². The van der Waals surface area contributed by atoms with E-state index >= 15 is 0 Å². The van der Waals surface area contributed by atoms with Crippen molar-refractivity contribution in [3.8, 4) is 0 Å². The minimum Gasteiger partial charge on any atom is -0.465 e. The molecule has 0 saturated carbocycles. The van der Waals surface area contributed by atoms with Crippen molar-refractivity contribution in [3.63, 3.8) is 0 Å². The second kappa shape index (κ2) is 42.3. The number of nitrogens with two attached hydrogens (primary N) is 2. The van der Waals surface area contributed by atoms with Crippen molar-refractivity contribution in [3.05, 3.63) is 12.2 Å². The van der Waals surface area contributed by atoms with Crippen LogP contribution < -0.4 is 38.2 Å². The first kappa shape index (κ1) is 63.2. The highest BCUT2D eigenvalue weighted by Gasteiger charge is 2.25. The molecule has 0 heterocycles. The molecule has 0 aliphatic rings. The van der Waals surface area contributed by atoms with E-state index < -0.39 is 72.1 Å². The van der Waals surface area contributed by atoms with Crippen LogP contribution in [-0.2, 0) is 43.0 Å². The molecule has 0 unspecified atom stereocenters. The number of amides is 8. The van der Waals surface area contributed by atoms with Crippen LogP contribution in [0.3, 0.4) is 0 Å². The summed E-state index contributed by atoms with van der Waals surface area (Å²) in [7, 11) is 0. The van der Waals surface area contributed by atoms with Gasteiger partial charge in [0.15, 0.2) is 0 Å². The van der Waals surface area contributed by atoms with Gasteiger partial charge in [0.25, 0.3) is 11.8 Å². The van der Waals surface area contributed by atoms with Gasteiger partial charge in [0.05, 0.1) is 12.7 Å². The molecular weight excluding hydrogens is 877 g/mol. The number of carbonyl (C=O) groups is 8. The smallest absolute Gasteiger partial charge is 0.405 e. The average Bonchev–Trinajstić information content (AvgIpc) is 3.29. The quantitative estimate of drug-likeness (QED) is 0.0208. The Morgan fingerprint density at radius 3 is 1.54 bits per heavy atom. The molecule has 0 aromatic rings. The first-order valence-electron chi connectivity index (χ1n) is 25.5. The monoisotopic (exact) mass is 967 g/mol. The van der Waals surface area contributed by atoms with Gasteiger partial charge in [-0.1, -0.05) is 155 Å². The third kappa shape index (κ3) is 37.2. The molecule has 19 heteroatoms. The number of hydrazine groups is 1. The lowest BCUT2D eigenvalue weighted by molar-refractivity contribution is -0.142. The minimum absolute atomic E-state index is 0.150. The van der Waals surface area contributed by atoms with Gasteiger partial charge in [0.1, 0.15) is 24.7 Å². The summed E-state index contributed by atoms with van der Waals surface area (Å²) in [6, 6.07) is -3.79. The number of nitrogens with one attached hydrogen (secondary N) is 5. The molecule has 0 aliphatic carbocycles. The van der Waals surface area contributed by atoms with Gasteiger partial charge in [-0.05, 0) is 33.1 Å². The van der Waals surface area contributed by atoms with Crippen molar-refractivity contribution in [2.45, 2.75) is 219 Å². The summed E-state index contributed by atoms with van der Waals surface area (Å²) < 4.78 is 12.2. The Morgan fingerprint density at radius 1 is 0.603 bits per heavy atom. The fraction of sp³-hybridized carbons (Fsp3) is 0.796. The number of unbranched alkanes of at least 4 members (excludes halogenated alkanes) is 22. The second-order valence-corrected chi connectivity index (χ2v) is 17.8. The number of carboxylic acid groups (broad SMARTS) is 1. The van der Waals surface area contributed by atoms with Crippen LogP contribution in [0.25, 0.3) is 0 Å². The highest BCUT2D eigenvalue weighted by atomic mass is 16.5. The number of rotatable bonds is 44. The van der Waals surface area contributed by atoms with E-state index in [1.807, 2.05) is 5.32 Å². The van der Waals surface area contributed by atoms with Crippen molar-refractivity contribution in [1.29, 1.82) is 0 Å². The summed E-state index contributed by atoms with van der Waals surface area (Å²) in [5, 5.41) is 18.7. The fourth-order valence-electron chi connectivity index (χ4n) is 7.17. The van der Waals surface area contributed by atoms with Crippen LogP contribution in [0.5, 0.6) is 0 Å². The Morgan fingerprint density at radius 2 is 1.07 bits per heavy atom. The van der Waals surface area contributed by atoms with Gasteiger partial charge in [-0.15, -0.1) is 0 Å². The third-order valence-electron chi connectivity index (χ3n) is 11.3. The zero-order valence-electron chi connectivity index (χ0n) is 42.0. The molecule has 68 heavy (non-hydrogen) atoms. The molecule has 392 valence electrons. The van der Waals surface area contributed by atoms with Crippen LogP contribution in [0.2, 0.25) is 0 Å². The lowest BCUT2D eigenvalue weighted by atomic mass is 10.1. The highest BCUT2D eigenvalue weighted by Crippen LogP contribution is 2.14. The number of hydrogen-bond acceptors (Lipinski definition) is 10. The second-order valence-electron chi connectivity index (χ2n) is 17.8. The summed E-state index contributed by atoms with van der Waals surface area (Å²) in [5.41, 5.74) is 12.8. The largest absolute Gasteiger partial charge is 0.465 e. The van der Waals surface area contributed by atoms with Crippen LogP contribution in [0.4, 0.5) is 4.79 Å². The summed E-state index contributed by atoms with van der Waals surface area (Å²) in [6.45, 7) is 7.82. The van der Waals surface area contributed by atoms with Crippen LogP contribution in [-0.4, -0.2) is 115 Å². The maximum absolute atomic E-state index is 12.9. The normalized spacial score (nSPS) is 12.9. The molecule has 0 radical (unpaired) electrons. The zero-order valence-corrected chi connectivity index (χ0v) is 42.0. The number of nitrogens with zero attached hydrogens (tertiary/aromatic N) is 1. The number of primary amides is 2. The number of ether oxygens (including phenoxy) is 2. The summed E-state index contributed by atoms with van der Waals surface area (Å²) >= 11 is 0. The van der Waals surface area contributed by atoms with Gasteiger partial charge in [0.2, 0.25) is 29.5 Å². The van der Waals surface area contributed by atoms with Crippen molar-refractivity contribution in [1.82, 2.24) is 31.7 Å². The van der Waals surface area contributed by atoms with Crippen LogP contribution in [0, 0.1) is 0 Å². The van der Waals surface area contributed by atoms with Crippen LogP contribution >= 0.6 is 0 Å². The Hall–Kier alpha value is -4.78. The molecule has 8 amide bonds. The maximum atomic E-state index is 12.9. The number of carbonyl (C=O) groups excluding carboxylic acids is 7. The Kier molecular flexibility index (Phi) is 39.4. The lowest BCUT2D eigenvalue weighted by Crippen LogP contribution is -2.56. The standard InChI is InChI=1S/C49H90N8O11/c1-5-7-9-11-13-15-17-19-21-23-25-27-33-67-37-40(68-34-28-26-24-22-20-18-16-14-12-10-8-6-2)35-52-43(59)30-29-41(46(51)62)55-44(60)31-32-45(61)57(36-42(50)58)56-48(64)39(4)53-47(63)38(3)54-49(65)66/h31-32,38-41,54H,5-30,33-37H2,1-4H3,(H2,50,58)(H2,51,62)(H,52,59)(H,53,63)(H,55,60)(H,56,64)(H,65,66)/b32-31+/t38-,39-,40-,41-/m0/s1. The molecule has 0 spiro atoms. The van der Waals surface area contributed by atoms with Gasteiger partial charge in [-0.3, -0.25) is 39.0 Å². The summed E-state index contributed by atoms with van der Waals surface area (Å²) in [5.74, 6) is -6.18. The Labute approximate surface area is 406 Å². The third-order valence-corrected chi connectivity index (χ3v) is 11.3. The van der Waals surface area contributed by atoms with Gasteiger partial charge in [0, 0.05) is 38.3 Å². The first-order chi connectivity index (χ1) is 32.6. The lowest BCUT2D eigenvalue weighted by Gasteiger charge is -2.23. The molecule has 0 rings (SSSR count). The summed E-state index contributed by atoms with van der Waals surface area (Å²) in [6.07, 6.45) is 29.1. The fourth-order valence-corrected chi connectivity index (χ4v) is 7.17. The molecule has 0 saturated heterocycles. The molecule has 10 N–H and O–H groups in total. The van der Waals surface area contributed by atoms with Gasteiger partial charge < -0.3 is 47.3 Å². The van der Waals surface area contributed by atoms with Crippen molar-refractivity contribution in [2.75, 3.05) is 32.9 Å². The topological polar surface area (TPSA) is 291 Å². The van der Waals surface area contributed by atoms with Crippen molar-refractivity contribution >= 4 is 47.4 Å². The molecule has 0 aliphatic heterocycles. The Bertz CT molecular complexity index is 1470. The molecule has 0 aromatic heterocycles. The predicted octanol–water partition coefficient (Wildman–Crippen LogP) is 5.72. The molecule has 19 nitrogen and oxygen atoms in total. The predicted molar refractivity (Wildman–Crippen MR) is 263 cm³/mol. The van der Waals surface area contributed by atoms with Crippen LogP contribution in [0.15, 0.2) is 12.2 Å². The van der Waals surface area contributed by atoms with E-state index in [1.54, 1.807) is 0 Å². The van der Waals surface area contributed by atoms with E-state index in [9.17, 15) is 38.4 Å². The van der Waals surface area contributed by atoms with Gasteiger partial charge in [-0.2, -0.15) is 0 Å². The van der Waals surface area contributed by atoms with E-state index in [4.69, 9.17) is 26.0 Å². The Balaban J connectivity index is 5.06. The summed E-state index contributed by atoms with van der Waals surface area (Å²) in [4.78, 5) is 98.0. The zero-order chi connectivity index (χ0) is 50.8. The molecular formula is C49H90N8O11. The number of hydrogen-bond donors (Lipinski definition) is 8. The molecule has 0 fully saturated rings. The van der Waals surface area contributed by atoms with Crippen molar-refractivity contribution in [2.24, 2.45) is 11.5 Å². The van der Waals surface area contributed by atoms with Gasteiger partial charge >= 0.3 is 6.09 Å². The maximum Gasteiger partial charge on any atom is 0.405 e. The molecule has 0 bridgehead atoms. The highest BCUT2D eigenvalue weighted by molar-refractivity contribution is 6.00. The van der Waals surface area contributed by atoms with Crippen LogP contribution in [0.1, 0.15) is 195 Å². The first-order valence-corrected chi connectivity index (χ1v) is 25.5. The van der Waals surface area contributed by atoms with Crippen molar-refractivity contribution < 1.29 is 52.9 Å². The van der Waals surface area contributed by atoms with E-state index in [0.717, 1.165) is 38.2 Å². The minimum atomic E-state index is -1.46. The van der Waals surface area contributed by atoms with E-state index in [-0.39, 0.29) is 25.5 Å². The average molecular weight is 967 g/mol.